The minimum absolute atomic E-state index is 0.00445. The fourth-order valence-corrected chi connectivity index (χ4v) is 2.88. The molecule has 25 heavy (non-hydrogen) atoms. The Morgan fingerprint density at radius 1 is 1.40 bits per heavy atom. The molecule has 0 saturated carbocycles. The Bertz CT molecular complexity index is 834. The third kappa shape index (κ3) is 3.18. The lowest BCUT2D eigenvalue weighted by molar-refractivity contribution is -0.117. The standard InChI is InChI=1S/C18H25N5O2/c1-11(18(2,3)4)21-16-13(17(19)25)9-20-23-10-12(8-14(16)23)22-7-5-6-15(22)24/h8-11,21H,5-7H2,1-4H3,(H2,19,25). The Labute approximate surface area is 147 Å². The van der Waals surface area contributed by atoms with Crippen LogP contribution in [0.15, 0.2) is 18.5 Å². The Hall–Kier alpha value is -2.57. The number of hydrogen-bond donors (Lipinski definition) is 2. The predicted molar refractivity (Wildman–Crippen MR) is 97.8 cm³/mol. The van der Waals surface area contributed by atoms with Gasteiger partial charge in [0.15, 0.2) is 0 Å². The molecule has 1 atom stereocenters. The van der Waals surface area contributed by atoms with E-state index >= 15 is 0 Å². The lowest BCUT2D eigenvalue weighted by Gasteiger charge is -2.29. The van der Waals surface area contributed by atoms with Crippen LogP contribution in [0.5, 0.6) is 0 Å². The number of amides is 2. The van der Waals surface area contributed by atoms with Crippen LogP contribution in [0.2, 0.25) is 0 Å². The van der Waals surface area contributed by atoms with E-state index in [1.54, 1.807) is 9.42 Å². The number of primary amides is 1. The van der Waals surface area contributed by atoms with E-state index in [1.807, 2.05) is 12.3 Å². The summed E-state index contributed by atoms with van der Waals surface area (Å²) in [7, 11) is 0. The first-order valence-corrected chi connectivity index (χ1v) is 8.56. The van der Waals surface area contributed by atoms with E-state index in [-0.39, 0.29) is 17.4 Å². The molecule has 0 aliphatic carbocycles. The number of carbonyl (C=O) groups is 2. The average molecular weight is 343 g/mol. The number of hydrogen-bond acceptors (Lipinski definition) is 4. The molecule has 0 bridgehead atoms. The van der Waals surface area contributed by atoms with E-state index in [2.05, 4.69) is 38.1 Å². The van der Waals surface area contributed by atoms with E-state index < -0.39 is 5.91 Å². The fraction of sp³-hybridized carbons (Fsp3) is 0.500. The van der Waals surface area contributed by atoms with Gasteiger partial charge < -0.3 is 16.0 Å². The van der Waals surface area contributed by atoms with Gasteiger partial charge >= 0.3 is 0 Å². The summed E-state index contributed by atoms with van der Waals surface area (Å²) < 4.78 is 1.69. The van der Waals surface area contributed by atoms with Crippen molar-refractivity contribution in [1.29, 1.82) is 0 Å². The summed E-state index contributed by atoms with van der Waals surface area (Å²) in [5, 5.41) is 7.71. The number of nitrogens with one attached hydrogen (secondary N) is 1. The van der Waals surface area contributed by atoms with Crippen LogP contribution in [-0.2, 0) is 4.79 Å². The highest BCUT2D eigenvalue weighted by atomic mass is 16.2. The van der Waals surface area contributed by atoms with Crippen molar-refractivity contribution in [3.63, 3.8) is 0 Å². The third-order valence-electron chi connectivity index (χ3n) is 4.93. The van der Waals surface area contributed by atoms with E-state index in [4.69, 9.17) is 5.73 Å². The SMILES string of the molecule is CC(Nc1c(C(N)=O)cnn2cc(N3CCCC3=O)cc12)C(C)(C)C. The van der Waals surface area contributed by atoms with Gasteiger partial charge in [-0.05, 0) is 24.8 Å². The summed E-state index contributed by atoms with van der Waals surface area (Å²) in [5.74, 6) is -0.415. The highest BCUT2D eigenvalue weighted by molar-refractivity contribution is 6.03. The summed E-state index contributed by atoms with van der Waals surface area (Å²) in [6, 6.07) is 1.99. The largest absolute Gasteiger partial charge is 0.380 e. The van der Waals surface area contributed by atoms with Crippen LogP contribution in [-0.4, -0.2) is 34.0 Å². The molecule has 0 aromatic carbocycles. The van der Waals surface area contributed by atoms with Crippen LogP contribution in [0.25, 0.3) is 5.52 Å². The first-order chi connectivity index (χ1) is 11.7. The van der Waals surface area contributed by atoms with E-state index in [9.17, 15) is 9.59 Å². The Morgan fingerprint density at radius 3 is 2.68 bits per heavy atom. The van der Waals surface area contributed by atoms with Gasteiger partial charge in [0, 0.05) is 19.0 Å². The van der Waals surface area contributed by atoms with Gasteiger partial charge in [-0.25, -0.2) is 4.52 Å². The average Bonchev–Trinajstić information content (AvgIpc) is 3.11. The summed E-state index contributed by atoms with van der Waals surface area (Å²) in [6.07, 6.45) is 4.72. The van der Waals surface area contributed by atoms with Crippen LogP contribution >= 0.6 is 0 Å². The minimum atomic E-state index is -0.529. The molecular formula is C18H25N5O2. The van der Waals surface area contributed by atoms with Crippen LogP contribution in [0.1, 0.15) is 50.9 Å². The molecule has 0 spiro atoms. The van der Waals surface area contributed by atoms with Gasteiger partial charge in [-0.1, -0.05) is 20.8 Å². The van der Waals surface area contributed by atoms with E-state index in [0.29, 0.717) is 24.2 Å². The Kier molecular flexibility index (Phi) is 4.18. The van der Waals surface area contributed by atoms with Gasteiger partial charge in [-0.15, -0.1) is 0 Å². The molecule has 2 amide bonds. The summed E-state index contributed by atoms with van der Waals surface area (Å²) in [4.78, 5) is 25.7. The molecule has 7 heteroatoms. The minimum Gasteiger partial charge on any atom is -0.380 e. The summed E-state index contributed by atoms with van der Waals surface area (Å²) in [5.41, 5.74) is 8.08. The summed E-state index contributed by atoms with van der Waals surface area (Å²) >= 11 is 0. The van der Waals surface area contributed by atoms with Gasteiger partial charge in [0.1, 0.15) is 0 Å². The molecule has 0 radical (unpaired) electrons. The topological polar surface area (TPSA) is 92.7 Å². The second kappa shape index (κ2) is 6.06. The lowest BCUT2D eigenvalue weighted by atomic mass is 9.88. The molecule has 3 heterocycles. The first-order valence-electron chi connectivity index (χ1n) is 8.56. The second-order valence-corrected chi connectivity index (χ2v) is 7.71. The van der Waals surface area contributed by atoms with Crippen molar-refractivity contribution >= 4 is 28.7 Å². The quantitative estimate of drug-likeness (QED) is 0.891. The van der Waals surface area contributed by atoms with Gasteiger partial charge in [-0.3, -0.25) is 9.59 Å². The molecular weight excluding hydrogens is 318 g/mol. The van der Waals surface area contributed by atoms with Crippen molar-refractivity contribution < 1.29 is 9.59 Å². The first kappa shape index (κ1) is 17.3. The highest BCUT2D eigenvalue weighted by Gasteiger charge is 2.26. The van der Waals surface area contributed by atoms with E-state index in [1.165, 1.54) is 6.20 Å². The molecule has 1 saturated heterocycles. The van der Waals surface area contributed by atoms with Crippen LogP contribution < -0.4 is 16.0 Å². The lowest BCUT2D eigenvalue weighted by Crippen LogP contribution is -2.32. The molecule has 2 aromatic heterocycles. The van der Waals surface area contributed by atoms with Crippen LogP contribution in [0.4, 0.5) is 11.4 Å². The Balaban J connectivity index is 2.10. The van der Waals surface area contributed by atoms with Crippen molar-refractivity contribution in [3.8, 4) is 0 Å². The maximum Gasteiger partial charge on any atom is 0.252 e. The molecule has 7 nitrogen and oxygen atoms in total. The second-order valence-electron chi connectivity index (χ2n) is 7.71. The van der Waals surface area contributed by atoms with Crippen molar-refractivity contribution in [2.24, 2.45) is 11.1 Å². The monoisotopic (exact) mass is 343 g/mol. The number of nitrogens with two attached hydrogens (primary N) is 1. The molecule has 3 rings (SSSR count). The highest BCUT2D eigenvalue weighted by Crippen LogP contribution is 2.31. The van der Waals surface area contributed by atoms with E-state index in [0.717, 1.165) is 17.6 Å². The molecule has 134 valence electrons. The third-order valence-corrected chi connectivity index (χ3v) is 4.93. The zero-order valence-electron chi connectivity index (χ0n) is 15.2. The zero-order valence-corrected chi connectivity index (χ0v) is 15.2. The van der Waals surface area contributed by atoms with Gasteiger partial charge in [-0.2, -0.15) is 5.10 Å². The number of fused-ring (bicyclic) bond motifs is 1. The van der Waals surface area contributed by atoms with Gasteiger partial charge in [0.2, 0.25) is 5.91 Å². The number of aromatic nitrogens is 2. The predicted octanol–water partition coefficient (Wildman–Crippen LogP) is 2.41. The number of carbonyl (C=O) groups excluding carboxylic acids is 2. The van der Waals surface area contributed by atoms with Crippen molar-refractivity contribution in [2.75, 3.05) is 16.8 Å². The normalized spacial score (nSPS) is 16.5. The number of anilines is 2. The summed E-state index contributed by atoms with van der Waals surface area (Å²) in [6.45, 7) is 9.15. The maximum absolute atomic E-state index is 12.0. The smallest absolute Gasteiger partial charge is 0.252 e. The fourth-order valence-electron chi connectivity index (χ4n) is 2.88. The molecule has 1 aliphatic rings. The molecule has 1 aliphatic heterocycles. The molecule has 2 aromatic rings. The van der Waals surface area contributed by atoms with Gasteiger partial charge in [0.25, 0.3) is 5.91 Å². The zero-order chi connectivity index (χ0) is 18.4. The molecule has 1 fully saturated rings. The molecule has 3 N–H and O–H groups in total. The van der Waals surface area contributed by atoms with Crippen molar-refractivity contribution in [1.82, 2.24) is 9.61 Å². The maximum atomic E-state index is 12.0. The van der Waals surface area contributed by atoms with Crippen LogP contribution in [0, 0.1) is 5.41 Å². The van der Waals surface area contributed by atoms with Gasteiger partial charge in [0.05, 0.1) is 34.8 Å². The number of rotatable bonds is 4. The number of nitrogens with zero attached hydrogens (tertiary/aromatic N) is 3. The molecule has 1 unspecified atom stereocenters. The van der Waals surface area contributed by atoms with Crippen LogP contribution in [0.3, 0.4) is 0 Å². The Morgan fingerprint density at radius 2 is 2.12 bits per heavy atom. The van der Waals surface area contributed by atoms with Crippen molar-refractivity contribution in [3.05, 3.63) is 24.0 Å². The van der Waals surface area contributed by atoms with Crippen molar-refractivity contribution in [2.45, 2.75) is 46.6 Å².